The Kier molecular flexibility index (Phi) is 3.85. The van der Waals surface area contributed by atoms with Crippen molar-refractivity contribution in [2.45, 2.75) is 6.92 Å². The van der Waals surface area contributed by atoms with Gasteiger partial charge in [0.05, 0.1) is 22.9 Å². The van der Waals surface area contributed by atoms with Gasteiger partial charge in [-0.1, -0.05) is 6.58 Å². The molecular weight excluding hydrogens is 215 g/mol. The summed E-state index contributed by atoms with van der Waals surface area (Å²) >= 11 is 2.12. The molecule has 0 N–H and O–H groups in total. The van der Waals surface area contributed by atoms with E-state index in [1.54, 1.807) is 13.2 Å². The first kappa shape index (κ1) is 7.94. The first-order chi connectivity index (χ1) is 3.72. The van der Waals surface area contributed by atoms with E-state index in [0.29, 0.717) is 0 Å². The van der Waals surface area contributed by atoms with E-state index in [4.69, 9.17) is 0 Å². The van der Waals surface area contributed by atoms with Gasteiger partial charge in [0.15, 0.2) is 0 Å². The van der Waals surface area contributed by atoms with Gasteiger partial charge in [-0.3, -0.25) is 8.11 Å². The van der Waals surface area contributed by atoms with Crippen molar-refractivity contribution in [3.63, 3.8) is 0 Å². The van der Waals surface area contributed by atoms with Gasteiger partial charge in [-0.2, -0.15) is 0 Å². The molecule has 0 aliphatic rings. The molecule has 0 spiro atoms. The number of nitrogens with zero attached hydrogens (tertiary/aromatic N) is 2. The number of amidine groups is 1. The van der Waals surface area contributed by atoms with Crippen LogP contribution in [-0.2, 0) is 0 Å². The van der Waals surface area contributed by atoms with E-state index in [-0.39, 0.29) is 0 Å². The fourth-order valence-corrected chi connectivity index (χ4v) is 0.443. The van der Waals surface area contributed by atoms with Crippen LogP contribution in [0.5, 0.6) is 0 Å². The molecule has 0 amide bonds. The summed E-state index contributed by atoms with van der Waals surface area (Å²) in [5.41, 5.74) is 0. The monoisotopic (exact) mass is 224 g/mol. The fraction of sp³-hybridized carbons (Fsp3) is 0.400. The van der Waals surface area contributed by atoms with Gasteiger partial charge in [-0.05, 0) is 6.92 Å². The van der Waals surface area contributed by atoms with Crippen molar-refractivity contribution in [2.24, 2.45) is 4.99 Å². The Morgan fingerprint density at radius 2 is 2.38 bits per heavy atom. The highest BCUT2D eigenvalue weighted by Crippen LogP contribution is 1.99. The standard InChI is InChI=1S/C5H9IN2/c1-4-8(6)5(2)7-3/h4H,1H2,2-3H3. The predicted octanol–water partition coefficient (Wildman–Crippen LogP) is 1.83. The Bertz CT molecular complexity index is 109. The first-order valence-corrected chi connectivity index (χ1v) is 3.19. The lowest BCUT2D eigenvalue weighted by Crippen LogP contribution is -2.08. The number of hydrogen-bond acceptors (Lipinski definition) is 1. The van der Waals surface area contributed by atoms with E-state index in [0.717, 1.165) is 5.84 Å². The van der Waals surface area contributed by atoms with Gasteiger partial charge in [0.1, 0.15) is 5.84 Å². The van der Waals surface area contributed by atoms with Crippen LogP contribution in [0.3, 0.4) is 0 Å². The molecule has 0 bridgehead atoms. The molecule has 0 saturated heterocycles. The highest BCUT2D eigenvalue weighted by Gasteiger charge is 1.91. The highest BCUT2D eigenvalue weighted by molar-refractivity contribution is 14.1. The summed E-state index contributed by atoms with van der Waals surface area (Å²) in [5, 5.41) is 0. The smallest absolute Gasteiger partial charge is 0.108 e. The zero-order chi connectivity index (χ0) is 6.57. The number of aliphatic imine (C=N–C) groups is 1. The van der Waals surface area contributed by atoms with E-state index in [1.165, 1.54) is 0 Å². The third kappa shape index (κ3) is 2.30. The summed E-state index contributed by atoms with van der Waals surface area (Å²) < 4.78 is 1.83. The number of hydrogen-bond donors (Lipinski definition) is 0. The molecule has 2 nitrogen and oxygen atoms in total. The maximum Gasteiger partial charge on any atom is 0.108 e. The normalized spacial score (nSPS) is 11.1. The van der Waals surface area contributed by atoms with Gasteiger partial charge in [0.2, 0.25) is 0 Å². The van der Waals surface area contributed by atoms with E-state index in [1.807, 2.05) is 10.0 Å². The minimum Gasteiger partial charge on any atom is -0.279 e. The second-order valence-electron chi connectivity index (χ2n) is 1.26. The van der Waals surface area contributed by atoms with Crippen LogP contribution in [0, 0.1) is 0 Å². The summed E-state index contributed by atoms with van der Waals surface area (Å²) in [5.74, 6) is 0.959. The molecule has 0 fully saturated rings. The van der Waals surface area contributed by atoms with Gasteiger partial charge in [0.25, 0.3) is 0 Å². The molecule has 0 heterocycles. The first-order valence-electron chi connectivity index (χ1n) is 2.23. The summed E-state index contributed by atoms with van der Waals surface area (Å²) in [6.45, 7) is 5.49. The fourth-order valence-electron chi connectivity index (χ4n) is 0.228. The lowest BCUT2D eigenvalue weighted by molar-refractivity contribution is 0.979. The molecule has 0 aromatic rings. The quantitative estimate of drug-likeness (QED) is 0.287. The van der Waals surface area contributed by atoms with Gasteiger partial charge in [-0.25, -0.2) is 0 Å². The van der Waals surface area contributed by atoms with Gasteiger partial charge in [0, 0.05) is 13.2 Å². The topological polar surface area (TPSA) is 15.6 Å². The zero-order valence-corrected chi connectivity index (χ0v) is 7.21. The SMILES string of the molecule is C=CN(I)C(C)=NC. The molecule has 0 unspecified atom stereocenters. The van der Waals surface area contributed by atoms with Crippen LogP contribution in [-0.4, -0.2) is 16.0 Å². The Morgan fingerprint density at radius 3 is 2.50 bits per heavy atom. The largest absolute Gasteiger partial charge is 0.279 e. The van der Waals surface area contributed by atoms with E-state index >= 15 is 0 Å². The maximum absolute atomic E-state index is 3.92. The number of halogens is 1. The number of rotatable bonds is 1. The van der Waals surface area contributed by atoms with Crippen molar-refractivity contribution < 1.29 is 0 Å². The molecule has 0 aliphatic carbocycles. The van der Waals surface area contributed by atoms with Crippen LogP contribution in [0.4, 0.5) is 0 Å². The molecule has 3 heteroatoms. The Labute approximate surface area is 63.8 Å². The van der Waals surface area contributed by atoms with Gasteiger partial charge >= 0.3 is 0 Å². The molecule has 0 aromatic carbocycles. The Hall–Kier alpha value is -0.0600. The zero-order valence-electron chi connectivity index (χ0n) is 5.06. The van der Waals surface area contributed by atoms with Crippen molar-refractivity contribution in [3.8, 4) is 0 Å². The summed E-state index contributed by atoms with van der Waals surface area (Å²) in [7, 11) is 1.75. The van der Waals surface area contributed by atoms with Crippen molar-refractivity contribution in [1.29, 1.82) is 0 Å². The minimum atomic E-state index is 0.959. The summed E-state index contributed by atoms with van der Waals surface area (Å²) in [4.78, 5) is 3.92. The molecule has 46 valence electrons. The predicted molar refractivity (Wildman–Crippen MR) is 45.1 cm³/mol. The second kappa shape index (κ2) is 3.88. The molecule has 0 atom stereocenters. The molecule has 0 rings (SSSR count). The third-order valence-corrected chi connectivity index (χ3v) is 1.89. The van der Waals surface area contributed by atoms with Crippen molar-refractivity contribution in [2.75, 3.05) is 7.05 Å². The average Bonchev–Trinajstić information content (AvgIpc) is 1.84. The molecule has 0 radical (unpaired) electrons. The molecule has 8 heavy (non-hydrogen) atoms. The third-order valence-electron chi connectivity index (χ3n) is 0.793. The van der Waals surface area contributed by atoms with Crippen LogP contribution < -0.4 is 0 Å². The van der Waals surface area contributed by atoms with Crippen LogP contribution in [0.25, 0.3) is 0 Å². The van der Waals surface area contributed by atoms with E-state index in [2.05, 4.69) is 34.4 Å². The minimum absolute atomic E-state index is 0.959. The van der Waals surface area contributed by atoms with Gasteiger partial charge < -0.3 is 0 Å². The lowest BCUT2D eigenvalue weighted by atomic mass is 10.7. The van der Waals surface area contributed by atoms with Crippen LogP contribution >= 0.6 is 22.9 Å². The molecule has 0 saturated carbocycles. The lowest BCUT2D eigenvalue weighted by Gasteiger charge is -2.06. The summed E-state index contributed by atoms with van der Waals surface area (Å²) in [6.07, 6.45) is 1.71. The Balaban J connectivity index is 3.81. The van der Waals surface area contributed by atoms with Crippen molar-refractivity contribution in [3.05, 3.63) is 12.8 Å². The van der Waals surface area contributed by atoms with Crippen molar-refractivity contribution in [1.82, 2.24) is 3.11 Å². The van der Waals surface area contributed by atoms with E-state index < -0.39 is 0 Å². The molecular formula is C5H9IN2. The molecule has 0 aromatic heterocycles. The summed E-state index contributed by atoms with van der Waals surface area (Å²) in [6, 6.07) is 0. The van der Waals surface area contributed by atoms with Crippen molar-refractivity contribution >= 4 is 28.7 Å². The highest BCUT2D eigenvalue weighted by atomic mass is 127. The van der Waals surface area contributed by atoms with Gasteiger partial charge in [-0.15, -0.1) is 0 Å². The Morgan fingerprint density at radius 1 is 1.88 bits per heavy atom. The average molecular weight is 224 g/mol. The van der Waals surface area contributed by atoms with E-state index in [9.17, 15) is 0 Å². The molecule has 0 aliphatic heterocycles. The van der Waals surface area contributed by atoms with Crippen LogP contribution in [0.15, 0.2) is 17.8 Å². The maximum atomic E-state index is 3.92. The second-order valence-corrected chi connectivity index (χ2v) is 2.30. The van der Waals surface area contributed by atoms with Crippen LogP contribution in [0.1, 0.15) is 6.92 Å². The van der Waals surface area contributed by atoms with Crippen LogP contribution in [0.2, 0.25) is 0 Å².